The van der Waals surface area contributed by atoms with Crippen LogP contribution in [0.1, 0.15) is 44.1 Å². The van der Waals surface area contributed by atoms with Crippen molar-refractivity contribution in [2.45, 2.75) is 61.7 Å². The van der Waals surface area contributed by atoms with Gasteiger partial charge in [0.25, 0.3) is 0 Å². The maximum absolute atomic E-state index is 17.0. The topological polar surface area (TPSA) is 105 Å². The number of pyridine rings is 1. The van der Waals surface area contributed by atoms with Gasteiger partial charge < -0.3 is 29.5 Å². The van der Waals surface area contributed by atoms with Crippen LogP contribution in [-0.2, 0) is 9.47 Å². The fourth-order valence-corrected chi connectivity index (χ4v) is 9.03. The molecule has 4 saturated heterocycles. The number of rotatable bonds is 1. The number of hydrogen-bond acceptors (Lipinski definition) is 10. The van der Waals surface area contributed by atoms with Gasteiger partial charge in [-0.15, -0.1) is 6.42 Å². The van der Waals surface area contributed by atoms with E-state index in [1.165, 1.54) is 24.3 Å². The predicted molar refractivity (Wildman–Crippen MR) is 180 cm³/mol. The van der Waals surface area contributed by atoms with Crippen molar-refractivity contribution >= 4 is 27.5 Å². The Bertz CT molecular complexity index is 2020. The van der Waals surface area contributed by atoms with E-state index in [-0.39, 0.29) is 62.7 Å². The van der Waals surface area contributed by atoms with Crippen LogP contribution >= 0.6 is 0 Å². The molecule has 5 aliphatic rings. The maximum Gasteiger partial charge on any atom is 0.319 e. The third-order valence-electron chi connectivity index (χ3n) is 11.2. The second-order valence-corrected chi connectivity index (χ2v) is 14.4. The third-order valence-corrected chi connectivity index (χ3v) is 11.2. The molecule has 4 atom stereocenters. The maximum atomic E-state index is 17.0. The number of fused-ring (bicyclic) bond motifs is 9. The second kappa shape index (κ2) is 11.7. The molecular formula is C37H38F2N6O4. The standard InChI is InChI=1S/C37H38F2N6O4/c1-2-26-29(38)6-5-22-13-24(46)14-27(30(22)26)32-31(39)33-28(16-40-32)34-42-35(41-33)49-21-37-8-3-10-45(37)18-25(15-37)48-12-4-11-47-20-36-9-7-23(43-36)17-44(34)19-36/h1,5-6,13-14,16,23,25,43,46H,3-4,7-12,15,17-21H2/t23-,25+,36+,37+/m0/s1. The molecule has 4 fully saturated rings. The fraction of sp³-hybridized carbons (Fsp3) is 0.486. The molecule has 7 bridgehead atoms. The highest BCUT2D eigenvalue weighted by molar-refractivity contribution is 6.03. The number of nitrogens with one attached hydrogen (secondary N) is 1. The number of aromatic hydroxyl groups is 1. The fourth-order valence-electron chi connectivity index (χ4n) is 9.03. The van der Waals surface area contributed by atoms with Crippen molar-refractivity contribution in [2.75, 3.05) is 57.5 Å². The number of nitrogens with zero attached hydrogens (tertiary/aromatic N) is 5. The Morgan fingerprint density at radius 2 is 2.00 bits per heavy atom. The molecule has 5 aliphatic heterocycles. The Morgan fingerprint density at radius 1 is 1.08 bits per heavy atom. The summed E-state index contributed by atoms with van der Waals surface area (Å²) in [5, 5.41) is 15.6. The summed E-state index contributed by atoms with van der Waals surface area (Å²) in [5.41, 5.74) is -0.421. The van der Waals surface area contributed by atoms with Crippen LogP contribution in [0.15, 0.2) is 30.5 Å². The number of terminal acetylenes is 1. The van der Waals surface area contributed by atoms with Crippen molar-refractivity contribution < 1.29 is 28.1 Å². The lowest BCUT2D eigenvalue weighted by Crippen LogP contribution is -2.62. The molecule has 4 aromatic rings. The lowest BCUT2D eigenvalue weighted by Gasteiger charge is -2.42. The van der Waals surface area contributed by atoms with Gasteiger partial charge in [0.1, 0.15) is 35.2 Å². The van der Waals surface area contributed by atoms with E-state index in [0.29, 0.717) is 56.1 Å². The van der Waals surface area contributed by atoms with Crippen molar-refractivity contribution in [3.05, 3.63) is 47.7 Å². The van der Waals surface area contributed by atoms with E-state index in [9.17, 15) is 9.50 Å². The molecule has 0 amide bonds. The number of piperazine rings is 1. The molecule has 2 aromatic heterocycles. The van der Waals surface area contributed by atoms with E-state index < -0.39 is 11.6 Å². The molecule has 0 saturated carbocycles. The molecule has 0 unspecified atom stereocenters. The van der Waals surface area contributed by atoms with Crippen molar-refractivity contribution in [2.24, 2.45) is 0 Å². The van der Waals surface area contributed by atoms with Crippen molar-refractivity contribution in [1.29, 1.82) is 0 Å². The first-order valence-electron chi connectivity index (χ1n) is 17.2. The molecule has 254 valence electrons. The molecule has 9 rings (SSSR count). The minimum atomic E-state index is -0.734. The van der Waals surface area contributed by atoms with Crippen LogP contribution in [-0.4, -0.2) is 101 Å². The van der Waals surface area contributed by atoms with E-state index in [2.05, 4.69) is 31.0 Å². The first-order valence-corrected chi connectivity index (χ1v) is 17.2. The molecule has 0 aliphatic carbocycles. The number of phenols is 1. The highest BCUT2D eigenvalue weighted by atomic mass is 19.1. The van der Waals surface area contributed by atoms with Gasteiger partial charge in [0.15, 0.2) is 5.82 Å². The summed E-state index contributed by atoms with van der Waals surface area (Å²) in [6.45, 7) is 5.27. The van der Waals surface area contributed by atoms with Crippen LogP contribution in [0.5, 0.6) is 11.8 Å². The van der Waals surface area contributed by atoms with Crippen LogP contribution in [0.3, 0.4) is 0 Å². The minimum absolute atomic E-state index is 0.0302. The summed E-state index contributed by atoms with van der Waals surface area (Å²) < 4.78 is 51.0. The summed E-state index contributed by atoms with van der Waals surface area (Å²) in [7, 11) is 0. The molecular weight excluding hydrogens is 630 g/mol. The highest BCUT2D eigenvalue weighted by Crippen LogP contribution is 2.43. The number of halogens is 2. The van der Waals surface area contributed by atoms with E-state index in [1.54, 1.807) is 6.20 Å². The van der Waals surface area contributed by atoms with Crippen LogP contribution < -0.4 is 15.0 Å². The average molecular weight is 669 g/mol. The second-order valence-electron chi connectivity index (χ2n) is 14.4. The van der Waals surface area contributed by atoms with E-state index in [4.69, 9.17) is 25.6 Å². The Morgan fingerprint density at radius 3 is 2.90 bits per heavy atom. The van der Waals surface area contributed by atoms with Gasteiger partial charge in [-0.25, -0.2) is 8.78 Å². The van der Waals surface area contributed by atoms with Gasteiger partial charge in [0, 0.05) is 56.0 Å². The lowest BCUT2D eigenvalue weighted by atomic mass is 9.94. The Kier molecular flexibility index (Phi) is 7.39. The smallest absolute Gasteiger partial charge is 0.319 e. The molecule has 7 heterocycles. The molecule has 49 heavy (non-hydrogen) atoms. The largest absolute Gasteiger partial charge is 0.508 e. The number of anilines is 1. The molecule has 2 spiro atoms. The summed E-state index contributed by atoms with van der Waals surface area (Å²) >= 11 is 0. The monoisotopic (exact) mass is 668 g/mol. The van der Waals surface area contributed by atoms with Crippen LogP contribution in [0.4, 0.5) is 14.6 Å². The van der Waals surface area contributed by atoms with Gasteiger partial charge in [-0.05, 0) is 68.7 Å². The number of benzene rings is 2. The zero-order chi connectivity index (χ0) is 33.3. The number of ether oxygens (including phenoxy) is 3. The third kappa shape index (κ3) is 5.17. The minimum Gasteiger partial charge on any atom is -0.508 e. The van der Waals surface area contributed by atoms with Gasteiger partial charge in [-0.1, -0.05) is 12.0 Å². The van der Waals surface area contributed by atoms with E-state index in [1.807, 2.05) is 0 Å². The highest BCUT2D eigenvalue weighted by Gasteiger charge is 2.50. The average Bonchev–Trinajstić information content (AvgIpc) is 3.74. The normalized spacial score (nSPS) is 28.7. The van der Waals surface area contributed by atoms with E-state index >= 15 is 4.39 Å². The van der Waals surface area contributed by atoms with Gasteiger partial charge in [-0.2, -0.15) is 9.97 Å². The van der Waals surface area contributed by atoms with Crippen molar-refractivity contribution in [3.63, 3.8) is 0 Å². The molecule has 10 nitrogen and oxygen atoms in total. The first kappa shape index (κ1) is 30.9. The Labute approximate surface area is 282 Å². The molecule has 12 heteroatoms. The molecule has 2 N–H and O–H groups in total. The Hall–Kier alpha value is -4.15. The summed E-state index contributed by atoms with van der Waals surface area (Å²) in [6.07, 6.45) is 13.1. The summed E-state index contributed by atoms with van der Waals surface area (Å²) in [5.74, 6) is 1.47. The zero-order valence-electron chi connectivity index (χ0n) is 27.2. The van der Waals surface area contributed by atoms with E-state index in [0.717, 1.165) is 51.6 Å². The SMILES string of the molecule is C#Cc1c(F)ccc2cc(O)cc(-c3ncc4c5nc(nc4c3F)OC[C@]34CCCN3C[C@@H](C4)OCCCOC[C@@]34CC[C@@H](CN5C3)N4)c12. The van der Waals surface area contributed by atoms with Gasteiger partial charge in [-0.3, -0.25) is 9.88 Å². The van der Waals surface area contributed by atoms with Gasteiger partial charge >= 0.3 is 6.01 Å². The van der Waals surface area contributed by atoms with Crippen molar-refractivity contribution in [3.8, 4) is 35.4 Å². The van der Waals surface area contributed by atoms with Gasteiger partial charge in [0.05, 0.1) is 34.7 Å². The molecule has 2 aromatic carbocycles. The number of phenolic OH excluding ortho intramolecular Hbond substituents is 1. The lowest BCUT2D eigenvalue weighted by molar-refractivity contribution is 0.0239. The number of aromatic nitrogens is 3. The van der Waals surface area contributed by atoms with Crippen LogP contribution in [0.2, 0.25) is 0 Å². The molecule has 0 radical (unpaired) electrons. The van der Waals surface area contributed by atoms with Crippen LogP contribution in [0.25, 0.3) is 32.9 Å². The number of hydrogen-bond donors (Lipinski definition) is 2. The first-order chi connectivity index (χ1) is 23.8. The quantitative estimate of drug-likeness (QED) is 0.281. The zero-order valence-corrected chi connectivity index (χ0v) is 27.2. The van der Waals surface area contributed by atoms with Crippen LogP contribution in [0, 0.1) is 24.0 Å². The van der Waals surface area contributed by atoms with Gasteiger partial charge in [0.2, 0.25) is 0 Å². The summed E-state index contributed by atoms with van der Waals surface area (Å²) in [6, 6.07) is 5.86. The van der Waals surface area contributed by atoms with Crippen molar-refractivity contribution in [1.82, 2.24) is 25.2 Å². The summed E-state index contributed by atoms with van der Waals surface area (Å²) in [4.78, 5) is 18.8. The Balaban J connectivity index is 1.20. The predicted octanol–water partition coefficient (Wildman–Crippen LogP) is 4.54.